The average molecular weight is 295 g/mol. The van der Waals surface area contributed by atoms with Crippen LogP contribution < -0.4 is 0 Å². The van der Waals surface area contributed by atoms with Crippen molar-refractivity contribution in [2.24, 2.45) is 5.41 Å². The number of nitrogens with zero attached hydrogens (tertiary/aromatic N) is 2. The van der Waals surface area contributed by atoms with Gasteiger partial charge in [-0.05, 0) is 36.8 Å². The summed E-state index contributed by atoms with van der Waals surface area (Å²) in [7, 11) is 0. The van der Waals surface area contributed by atoms with Gasteiger partial charge in [-0.1, -0.05) is 13.3 Å². The minimum Gasteiger partial charge on any atom is -0.327 e. The van der Waals surface area contributed by atoms with Crippen molar-refractivity contribution in [1.82, 2.24) is 9.55 Å². The van der Waals surface area contributed by atoms with Gasteiger partial charge >= 0.3 is 0 Å². The molecule has 0 amide bonds. The second kappa shape index (κ2) is 5.36. The first-order chi connectivity index (χ1) is 9.67. The third-order valence-corrected chi connectivity index (χ3v) is 4.95. The van der Waals surface area contributed by atoms with E-state index < -0.39 is 0 Å². The summed E-state index contributed by atoms with van der Waals surface area (Å²) in [6.45, 7) is 3.25. The maximum absolute atomic E-state index is 13.4. The normalized spacial score (nSPS) is 17.4. The maximum Gasteiger partial charge on any atom is 0.125 e. The van der Waals surface area contributed by atoms with E-state index in [1.165, 1.54) is 37.8 Å². The molecule has 20 heavy (non-hydrogen) atoms. The first-order valence-electron chi connectivity index (χ1n) is 7.38. The quantitative estimate of drug-likeness (QED) is 0.741. The molecular formula is C16H20ClFN2. The van der Waals surface area contributed by atoms with E-state index >= 15 is 0 Å². The molecule has 1 aliphatic carbocycles. The maximum atomic E-state index is 13.4. The Morgan fingerprint density at radius 2 is 2.20 bits per heavy atom. The van der Waals surface area contributed by atoms with Crippen LogP contribution in [0.4, 0.5) is 4.39 Å². The van der Waals surface area contributed by atoms with Crippen molar-refractivity contribution in [1.29, 1.82) is 0 Å². The van der Waals surface area contributed by atoms with Crippen LogP contribution in [-0.2, 0) is 13.0 Å². The Morgan fingerprint density at radius 1 is 1.40 bits per heavy atom. The summed E-state index contributed by atoms with van der Waals surface area (Å²) in [4.78, 5) is 4.58. The van der Waals surface area contributed by atoms with Crippen LogP contribution in [0.5, 0.6) is 0 Å². The van der Waals surface area contributed by atoms with Crippen LogP contribution in [-0.4, -0.2) is 15.4 Å². The summed E-state index contributed by atoms with van der Waals surface area (Å²) < 4.78 is 15.6. The number of fused-ring (bicyclic) bond motifs is 1. The smallest absolute Gasteiger partial charge is 0.125 e. The monoisotopic (exact) mass is 294 g/mol. The average Bonchev–Trinajstić information content (AvgIpc) is 2.71. The van der Waals surface area contributed by atoms with Crippen molar-refractivity contribution >= 4 is 22.6 Å². The lowest BCUT2D eigenvalue weighted by Crippen LogP contribution is -2.34. The summed E-state index contributed by atoms with van der Waals surface area (Å²) in [5, 5.41) is 0. The molecule has 1 fully saturated rings. The third-order valence-electron chi connectivity index (χ3n) is 4.77. The molecule has 1 saturated carbocycles. The fourth-order valence-electron chi connectivity index (χ4n) is 3.24. The summed E-state index contributed by atoms with van der Waals surface area (Å²) in [6.07, 6.45) is 5.81. The van der Waals surface area contributed by atoms with Gasteiger partial charge in [0, 0.05) is 24.9 Å². The van der Waals surface area contributed by atoms with E-state index in [-0.39, 0.29) is 5.82 Å². The van der Waals surface area contributed by atoms with E-state index in [4.69, 9.17) is 11.6 Å². The van der Waals surface area contributed by atoms with Gasteiger partial charge in [0.25, 0.3) is 0 Å². The molecule has 0 atom stereocenters. The van der Waals surface area contributed by atoms with Crippen molar-refractivity contribution in [2.45, 2.75) is 45.6 Å². The van der Waals surface area contributed by atoms with Gasteiger partial charge in [0.05, 0.1) is 11.0 Å². The Balaban J connectivity index is 2.04. The van der Waals surface area contributed by atoms with Gasteiger partial charge in [-0.2, -0.15) is 0 Å². The molecule has 1 aliphatic rings. The first kappa shape index (κ1) is 13.9. The zero-order valence-corrected chi connectivity index (χ0v) is 12.6. The minimum atomic E-state index is -0.228. The van der Waals surface area contributed by atoms with Crippen LogP contribution in [0.1, 0.15) is 38.4 Å². The molecule has 2 nitrogen and oxygen atoms in total. The van der Waals surface area contributed by atoms with Crippen molar-refractivity contribution in [3.05, 3.63) is 29.8 Å². The molecule has 0 aliphatic heterocycles. The second-order valence-electron chi connectivity index (χ2n) is 5.89. The minimum absolute atomic E-state index is 0.228. The number of alkyl halides is 1. The zero-order chi connectivity index (χ0) is 14.2. The standard InChI is InChI=1S/C16H20ClFN2/c1-2-16(7-3-8-16)11-20-14-5-4-12(18)10-13(14)19-15(20)6-9-17/h4-5,10H,2-3,6-9,11H2,1H3. The summed E-state index contributed by atoms with van der Waals surface area (Å²) in [5.41, 5.74) is 2.19. The number of aryl methyl sites for hydroxylation is 1. The Bertz CT molecular complexity index is 611. The highest BCUT2D eigenvalue weighted by atomic mass is 35.5. The van der Waals surface area contributed by atoms with E-state index in [9.17, 15) is 4.39 Å². The second-order valence-corrected chi connectivity index (χ2v) is 6.27. The highest BCUT2D eigenvalue weighted by Gasteiger charge is 2.36. The molecule has 1 aromatic heterocycles. The highest BCUT2D eigenvalue weighted by Crippen LogP contribution is 2.45. The first-order valence-corrected chi connectivity index (χ1v) is 7.91. The molecule has 0 radical (unpaired) electrons. The lowest BCUT2D eigenvalue weighted by Gasteiger charge is -2.42. The van der Waals surface area contributed by atoms with E-state index in [0.717, 1.165) is 29.8 Å². The molecule has 108 valence electrons. The van der Waals surface area contributed by atoms with Gasteiger partial charge in [0.2, 0.25) is 0 Å². The number of hydrogen-bond donors (Lipinski definition) is 0. The number of hydrogen-bond acceptors (Lipinski definition) is 1. The molecule has 1 aromatic carbocycles. The summed E-state index contributed by atoms with van der Waals surface area (Å²) in [5.74, 6) is 1.30. The fourth-order valence-corrected chi connectivity index (χ4v) is 3.41. The van der Waals surface area contributed by atoms with Crippen molar-refractivity contribution in [3.63, 3.8) is 0 Å². The molecule has 3 rings (SSSR count). The SMILES string of the molecule is CCC1(Cn2c(CCCl)nc3cc(F)ccc32)CCC1. The van der Waals surface area contributed by atoms with Gasteiger partial charge in [-0.25, -0.2) is 9.37 Å². The molecule has 4 heteroatoms. The van der Waals surface area contributed by atoms with Crippen LogP contribution in [0, 0.1) is 11.2 Å². The molecule has 1 heterocycles. The van der Waals surface area contributed by atoms with Crippen LogP contribution >= 0.6 is 11.6 Å². The largest absolute Gasteiger partial charge is 0.327 e. The van der Waals surface area contributed by atoms with Gasteiger partial charge in [0.1, 0.15) is 11.6 Å². The number of imidazole rings is 1. The van der Waals surface area contributed by atoms with Gasteiger partial charge in [-0.15, -0.1) is 11.6 Å². The predicted octanol–water partition coefficient (Wildman–Crippen LogP) is 4.54. The molecular weight excluding hydrogens is 275 g/mol. The summed E-state index contributed by atoms with van der Waals surface area (Å²) in [6, 6.07) is 4.88. The molecule has 0 N–H and O–H groups in total. The predicted molar refractivity (Wildman–Crippen MR) is 80.7 cm³/mol. The number of halogens is 2. The number of benzene rings is 1. The van der Waals surface area contributed by atoms with Gasteiger partial charge < -0.3 is 4.57 Å². The van der Waals surface area contributed by atoms with E-state index in [1.54, 1.807) is 0 Å². The van der Waals surface area contributed by atoms with Crippen LogP contribution in [0.15, 0.2) is 18.2 Å². The summed E-state index contributed by atoms with van der Waals surface area (Å²) >= 11 is 5.89. The Hall–Kier alpha value is -1.09. The number of rotatable bonds is 5. The Kier molecular flexibility index (Phi) is 3.72. The molecule has 0 unspecified atom stereocenters. The van der Waals surface area contributed by atoms with E-state index in [1.807, 2.05) is 6.07 Å². The molecule has 2 aromatic rings. The zero-order valence-electron chi connectivity index (χ0n) is 11.8. The highest BCUT2D eigenvalue weighted by molar-refractivity contribution is 6.17. The fraction of sp³-hybridized carbons (Fsp3) is 0.562. The van der Waals surface area contributed by atoms with Crippen LogP contribution in [0.2, 0.25) is 0 Å². The Labute approximate surface area is 123 Å². The van der Waals surface area contributed by atoms with Crippen LogP contribution in [0.25, 0.3) is 11.0 Å². The van der Waals surface area contributed by atoms with Gasteiger partial charge in [-0.3, -0.25) is 0 Å². The Morgan fingerprint density at radius 3 is 2.80 bits per heavy atom. The molecule has 0 bridgehead atoms. The lowest BCUT2D eigenvalue weighted by atomic mass is 9.67. The van der Waals surface area contributed by atoms with Crippen molar-refractivity contribution < 1.29 is 4.39 Å². The van der Waals surface area contributed by atoms with Crippen molar-refractivity contribution in [3.8, 4) is 0 Å². The topological polar surface area (TPSA) is 17.8 Å². The van der Waals surface area contributed by atoms with E-state index in [0.29, 0.717) is 11.3 Å². The lowest BCUT2D eigenvalue weighted by molar-refractivity contribution is 0.101. The van der Waals surface area contributed by atoms with E-state index in [2.05, 4.69) is 16.5 Å². The molecule has 0 spiro atoms. The number of aromatic nitrogens is 2. The molecule has 0 saturated heterocycles. The van der Waals surface area contributed by atoms with Gasteiger partial charge in [0.15, 0.2) is 0 Å². The third kappa shape index (κ3) is 2.32. The van der Waals surface area contributed by atoms with Crippen LogP contribution in [0.3, 0.4) is 0 Å². The van der Waals surface area contributed by atoms with Crippen molar-refractivity contribution in [2.75, 3.05) is 5.88 Å².